The number of rotatable bonds is 4. The van der Waals surface area contributed by atoms with Gasteiger partial charge in [-0.05, 0) is 0 Å². The predicted octanol–water partition coefficient (Wildman–Crippen LogP) is 1.49. The van der Waals surface area contributed by atoms with E-state index < -0.39 is 12.3 Å². The molecule has 1 unspecified atom stereocenters. The highest BCUT2D eigenvalue weighted by Crippen LogP contribution is 2.36. The first-order valence-corrected chi connectivity index (χ1v) is 8.02. The van der Waals surface area contributed by atoms with Gasteiger partial charge in [0.2, 0.25) is 0 Å². The number of aromatic nitrogens is 1. The van der Waals surface area contributed by atoms with E-state index in [2.05, 4.69) is 9.98 Å². The monoisotopic (exact) mass is 326 g/mol. The Morgan fingerprint density at radius 3 is 2.57 bits per heavy atom. The lowest BCUT2D eigenvalue weighted by molar-refractivity contribution is -0.0516. The number of nitrogens with zero attached hydrogens (tertiary/aromatic N) is 2. The molecule has 1 aromatic carbocycles. The van der Waals surface area contributed by atoms with Crippen LogP contribution in [0.25, 0.3) is 10.2 Å². The van der Waals surface area contributed by atoms with Crippen molar-refractivity contribution in [3.8, 4) is 11.5 Å². The molecule has 0 saturated carbocycles. The highest BCUT2D eigenvalue weighted by molar-refractivity contribution is 8.15. The Kier molecular flexibility index (Phi) is 4.03. The Morgan fingerprint density at radius 1 is 1.24 bits per heavy atom. The van der Waals surface area contributed by atoms with E-state index >= 15 is 0 Å². The van der Waals surface area contributed by atoms with Gasteiger partial charge in [-0.25, -0.2) is 4.98 Å². The van der Waals surface area contributed by atoms with Gasteiger partial charge in [0, 0.05) is 17.9 Å². The zero-order valence-electron chi connectivity index (χ0n) is 11.4. The van der Waals surface area contributed by atoms with E-state index in [9.17, 15) is 10.2 Å². The number of aliphatic hydroxyl groups is 2. The first-order valence-electron chi connectivity index (χ1n) is 6.22. The summed E-state index contributed by atoms with van der Waals surface area (Å²) in [5.74, 6) is 1.84. The molecule has 0 bridgehead atoms. The number of aliphatic imine (C=N–C) groups is 1. The van der Waals surface area contributed by atoms with Crippen LogP contribution in [0.4, 0.5) is 0 Å². The lowest BCUT2D eigenvalue weighted by atomic mass is 10.3. The van der Waals surface area contributed by atoms with Crippen molar-refractivity contribution < 1.29 is 19.7 Å². The van der Waals surface area contributed by atoms with Crippen molar-refractivity contribution in [3.63, 3.8) is 0 Å². The van der Waals surface area contributed by atoms with Crippen LogP contribution >= 0.6 is 23.1 Å². The Morgan fingerprint density at radius 2 is 1.95 bits per heavy atom. The molecule has 1 aromatic heterocycles. The maximum absolute atomic E-state index is 9.18. The fourth-order valence-corrected chi connectivity index (χ4v) is 4.13. The molecule has 0 spiro atoms. The van der Waals surface area contributed by atoms with E-state index in [1.807, 2.05) is 12.1 Å². The Bertz CT molecular complexity index is 658. The standard InChI is InChI=1S/C13H14N2O4S2/c1-18-8-3-6-10(4-9(8)19-2)21-12(14-6)11-15-7(5-20-11)13(16)17/h3-4,7,13,16-17H,5H2,1-2H3. The summed E-state index contributed by atoms with van der Waals surface area (Å²) in [5.41, 5.74) is 0.809. The number of fused-ring (bicyclic) bond motifs is 1. The summed E-state index contributed by atoms with van der Waals surface area (Å²) in [7, 11) is 3.18. The molecule has 2 heterocycles. The van der Waals surface area contributed by atoms with E-state index in [1.54, 1.807) is 14.2 Å². The third-order valence-corrected chi connectivity index (χ3v) is 5.33. The maximum Gasteiger partial charge on any atom is 0.175 e. The van der Waals surface area contributed by atoms with Crippen LogP contribution < -0.4 is 9.47 Å². The fourth-order valence-electron chi connectivity index (χ4n) is 2.01. The summed E-state index contributed by atoms with van der Waals surface area (Å²) in [6.07, 6.45) is -1.43. The molecule has 21 heavy (non-hydrogen) atoms. The number of ether oxygens (including phenoxy) is 2. The van der Waals surface area contributed by atoms with Gasteiger partial charge in [-0.15, -0.1) is 23.1 Å². The van der Waals surface area contributed by atoms with Crippen LogP contribution in [-0.4, -0.2) is 52.5 Å². The topological polar surface area (TPSA) is 84.2 Å². The number of methoxy groups -OCH3 is 2. The predicted molar refractivity (Wildman–Crippen MR) is 83.7 cm³/mol. The van der Waals surface area contributed by atoms with E-state index in [0.717, 1.165) is 20.3 Å². The average Bonchev–Trinajstić information content (AvgIpc) is 3.11. The second-order valence-electron chi connectivity index (χ2n) is 4.42. The zero-order valence-corrected chi connectivity index (χ0v) is 13.1. The van der Waals surface area contributed by atoms with Gasteiger partial charge in [0.15, 0.2) is 17.8 Å². The number of thiazole rings is 1. The minimum Gasteiger partial charge on any atom is -0.493 e. The summed E-state index contributed by atoms with van der Waals surface area (Å²) in [5, 5.41) is 19.9. The van der Waals surface area contributed by atoms with Gasteiger partial charge in [0.1, 0.15) is 16.1 Å². The van der Waals surface area contributed by atoms with Gasteiger partial charge >= 0.3 is 0 Å². The second kappa shape index (κ2) is 5.80. The van der Waals surface area contributed by atoms with Gasteiger partial charge in [0.05, 0.1) is 24.4 Å². The van der Waals surface area contributed by atoms with Crippen molar-refractivity contribution in [1.82, 2.24) is 4.98 Å². The minimum atomic E-state index is -1.43. The van der Waals surface area contributed by atoms with Gasteiger partial charge in [-0.1, -0.05) is 0 Å². The Labute approximate surface area is 129 Å². The van der Waals surface area contributed by atoms with Crippen LogP contribution in [0, 0.1) is 0 Å². The van der Waals surface area contributed by atoms with Crippen molar-refractivity contribution >= 4 is 38.4 Å². The minimum absolute atomic E-state index is 0.485. The second-order valence-corrected chi connectivity index (χ2v) is 6.46. The van der Waals surface area contributed by atoms with Crippen molar-refractivity contribution in [2.75, 3.05) is 20.0 Å². The van der Waals surface area contributed by atoms with Gasteiger partial charge in [-0.2, -0.15) is 0 Å². The van der Waals surface area contributed by atoms with Crippen LogP contribution in [0.3, 0.4) is 0 Å². The molecule has 6 nitrogen and oxygen atoms in total. The molecule has 1 atom stereocenters. The van der Waals surface area contributed by atoms with Crippen LogP contribution in [0.1, 0.15) is 5.01 Å². The van der Waals surface area contributed by atoms with Gasteiger partial charge in [-0.3, -0.25) is 4.99 Å². The van der Waals surface area contributed by atoms with Crippen molar-refractivity contribution in [2.24, 2.45) is 4.99 Å². The molecular formula is C13H14N2O4S2. The van der Waals surface area contributed by atoms with Crippen LogP contribution in [0.5, 0.6) is 11.5 Å². The summed E-state index contributed by atoms with van der Waals surface area (Å²) < 4.78 is 11.5. The smallest absolute Gasteiger partial charge is 0.175 e. The molecule has 1 aliphatic rings. The number of hydrogen-bond donors (Lipinski definition) is 2. The largest absolute Gasteiger partial charge is 0.493 e. The van der Waals surface area contributed by atoms with Crippen molar-refractivity contribution in [1.29, 1.82) is 0 Å². The molecule has 0 radical (unpaired) electrons. The lowest BCUT2D eigenvalue weighted by Crippen LogP contribution is -2.23. The molecule has 112 valence electrons. The summed E-state index contributed by atoms with van der Waals surface area (Å²) >= 11 is 2.98. The molecule has 8 heteroatoms. The summed E-state index contributed by atoms with van der Waals surface area (Å²) in [6.45, 7) is 0. The lowest BCUT2D eigenvalue weighted by Gasteiger charge is -2.05. The third kappa shape index (κ3) is 2.71. The molecule has 0 aliphatic carbocycles. The van der Waals surface area contributed by atoms with Crippen LogP contribution in [0.15, 0.2) is 17.1 Å². The summed E-state index contributed by atoms with van der Waals surface area (Å²) in [6, 6.07) is 3.22. The molecule has 2 aromatic rings. The van der Waals surface area contributed by atoms with Crippen molar-refractivity contribution in [2.45, 2.75) is 12.3 Å². The average molecular weight is 326 g/mol. The van der Waals surface area contributed by atoms with Crippen LogP contribution in [0.2, 0.25) is 0 Å². The van der Waals surface area contributed by atoms with Gasteiger partial charge in [0.25, 0.3) is 0 Å². The Hall–Kier alpha value is -1.35. The third-order valence-electron chi connectivity index (χ3n) is 3.09. The normalized spacial score (nSPS) is 18.3. The van der Waals surface area contributed by atoms with E-state index in [0.29, 0.717) is 17.3 Å². The van der Waals surface area contributed by atoms with Gasteiger partial charge < -0.3 is 19.7 Å². The number of hydrogen-bond acceptors (Lipinski definition) is 8. The van der Waals surface area contributed by atoms with Crippen molar-refractivity contribution in [3.05, 3.63) is 17.1 Å². The maximum atomic E-state index is 9.18. The van der Waals surface area contributed by atoms with E-state index in [4.69, 9.17) is 9.47 Å². The van der Waals surface area contributed by atoms with Crippen LogP contribution in [-0.2, 0) is 0 Å². The number of thioether (sulfide) groups is 1. The van der Waals surface area contributed by atoms with E-state index in [1.165, 1.54) is 23.1 Å². The molecule has 0 fully saturated rings. The highest BCUT2D eigenvalue weighted by Gasteiger charge is 2.26. The SMILES string of the molecule is COc1cc2nc(C3=NC(C(O)O)CS3)sc2cc1OC. The molecular weight excluding hydrogens is 312 g/mol. The quantitative estimate of drug-likeness (QED) is 0.828. The molecule has 0 saturated heterocycles. The molecule has 3 rings (SSSR count). The first kappa shape index (κ1) is 14.6. The molecule has 1 aliphatic heterocycles. The molecule has 2 N–H and O–H groups in total. The first-order chi connectivity index (χ1) is 10.1. The Balaban J connectivity index is 2.00. The highest BCUT2D eigenvalue weighted by atomic mass is 32.2. The fraction of sp³-hybridized carbons (Fsp3) is 0.385. The van der Waals surface area contributed by atoms with E-state index in [-0.39, 0.29) is 0 Å². The summed E-state index contributed by atoms with van der Waals surface area (Å²) in [4.78, 5) is 8.84. The number of aliphatic hydroxyl groups excluding tert-OH is 1. The number of benzene rings is 1. The molecule has 0 amide bonds. The zero-order chi connectivity index (χ0) is 15.0.